The van der Waals surface area contributed by atoms with E-state index in [1.54, 1.807) is 17.2 Å². The van der Waals surface area contributed by atoms with Crippen LogP contribution in [0.5, 0.6) is 0 Å². The van der Waals surface area contributed by atoms with Crippen LogP contribution in [0, 0.1) is 0 Å². The number of hydrogen-bond donors (Lipinski definition) is 0. The van der Waals surface area contributed by atoms with Gasteiger partial charge >= 0.3 is 5.97 Å². The Bertz CT molecular complexity index is 417. The number of carbonyl (C=O) groups excluding carboxylic acids is 1. The molecule has 0 aliphatic carbocycles. The molecule has 0 N–H and O–H groups in total. The molecule has 0 saturated carbocycles. The van der Waals surface area contributed by atoms with E-state index in [2.05, 4.69) is 28.7 Å². The Labute approximate surface area is 115 Å². The maximum Gasteiger partial charge on any atom is 0.357 e. The van der Waals surface area contributed by atoms with Crippen LogP contribution in [-0.2, 0) is 4.84 Å². The molecular weight excluding hydrogens is 329 g/mol. The molecule has 1 aliphatic heterocycles. The van der Waals surface area contributed by atoms with Gasteiger partial charge in [-0.15, -0.1) is 5.06 Å². The smallest absolute Gasteiger partial charge is 0.357 e. The monoisotopic (exact) mass is 343 g/mol. The van der Waals surface area contributed by atoms with Crippen molar-refractivity contribution in [1.29, 1.82) is 0 Å². The lowest BCUT2D eigenvalue weighted by Crippen LogP contribution is -2.33. The molecule has 0 atom stereocenters. The number of carbonyl (C=O) groups is 1. The van der Waals surface area contributed by atoms with Gasteiger partial charge in [0.15, 0.2) is 0 Å². The molecule has 1 aromatic rings. The molecule has 2 rings (SSSR count). The molecule has 0 amide bonds. The van der Waals surface area contributed by atoms with Gasteiger partial charge in [0.05, 0.1) is 12.1 Å². The maximum absolute atomic E-state index is 11.8. The zero-order valence-corrected chi connectivity index (χ0v) is 11.6. The van der Waals surface area contributed by atoms with Crippen molar-refractivity contribution in [3.8, 4) is 0 Å². The molecular formula is C13H14INO2. The Hall–Kier alpha value is -0.880. The number of hydrogen-bond acceptors (Lipinski definition) is 3. The second-order valence-corrected chi connectivity index (χ2v) is 4.66. The summed E-state index contributed by atoms with van der Waals surface area (Å²) in [5, 5.41) is 1.74. The summed E-state index contributed by atoms with van der Waals surface area (Å²) in [6.07, 6.45) is 3.17. The molecule has 0 unspecified atom stereocenters. The second-order valence-electron chi connectivity index (χ2n) is 3.89. The molecule has 0 radical (unpaired) electrons. The van der Waals surface area contributed by atoms with Gasteiger partial charge in [0.1, 0.15) is 0 Å². The average molecular weight is 343 g/mol. The van der Waals surface area contributed by atoms with Gasteiger partial charge in [-0.05, 0) is 24.1 Å². The Balaban J connectivity index is 1.94. The number of alkyl halides is 1. The normalized spacial score (nSPS) is 16.4. The van der Waals surface area contributed by atoms with Crippen molar-refractivity contribution in [3.63, 3.8) is 0 Å². The summed E-state index contributed by atoms with van der Waals surface area (Å²) in [7, 11) is 0. The maximum atomic E-state index is 11.8. The highest BCUT2D eigenvalue weighted by Gasteiger charge is 2.17. The first-order valence-corrected chi connectivity index (χ1v) is 7.08. The lowest BCUT2D eigenvalue weighted by atomic mass is 10.2. The molecule has 1 heterocycles. The highest BCUT2D eigenvalue weighted by Crippen LogP contribution is 2.13. The van der Waals surface area contributed by atoms with Crippen LogP contribution in [0.15, 0.2) is 42.0 Å². The van der Waals surface area contributed by atoms with Crippen LogP contribution in [-0.4, -0.2) is 28.5 Å². The number of nitrogens with zero attached hydrogens (tertiary/aromatic N) is 1. The fourth-order valence-electron chi connectivity index (χ4n) is 1.70. The van der Waals surface area contributed by atoms with Gasteiger partial charge in [-0.25, -0.2) is 4.79 Å². The van der Waals surface area contributed by atoms with Gasteiger partial charge < -0.3 is 4.84 Å². The summed E-state index contributed by atoms with van der Waals surface area (Å²) in [6, 6.07) is 9.09. The molecule has 17 heavy (non-hydrogen) atoms. The van der Waals surface area contributed by atoms with E-state index in [9.17, 15) is 4.79 Å². The topological polar surface area (TPSA) is 29.5 Å². The highest BCUT2D eigenvalue weighted by atomic mass is 127. The van der Waals surface area contributed by atoms with Gasteiger partial charge in [-0.1, -0.05) is 46.9 Å². The summed E-state index contributed by atoms with van der Waals surface area (Å²) in [5.41, 5.74) is 1.91. The summed E-state index contributed by atoms with van der Waals surface area (Å²) in [5.74, 6) is -0.277. The van der Waals surface area contributed by atoms with Crippen molar-refractivity contribution in [2.24, 2.45) is 0 Å². The minimum Gasteiger partial charge on any atom is -0.364 e. The lowest BCUT2D eigenvalue weighted by molar-refractivity contribution is -0.105. The van der Waals surface area contributed by atoms with E-state index in [-0.39, 0.29) is 5.97 Å². The van der Waals surface area contributed by atoms with Crippen molar-refractivity contribution >= 4 is 28.6 Å². The summed E-state index contributed by atoms with van der Waals surface area (Å²) < 4.78 is 0.983. The van der Waals surface area contributed by atoms with E-state index in [0.29, 0.717) is 5.56 Å². The molecule has 0 bridgehead atoms. The third kappa shape index (κ3) is 3.54. The van der Waals surface area contributed by atoms with Crippen LogP contribution >= 0.6 is 22.6 Å². The van der Waals surface area contributed by atoms with Crippen LogP contribution < -0.4 is 0 Å². The van der Waals surface area contributed by atoms with E-state index >= 15 is 0 Å². The van der Waals surface area contributed by atoms with Crippen molar-refractivity contribution in [2.45, 2.75) is 6.42 Å². The van der Waals surface area contributed by atoms with Crippen LogP contribution in [0.1, 0.15) is 16.8 Å². The van der Waals surface area contributed by atoms with Crippen LogP contribution in [0.2, 0.25) is 0 Å². The van der Waals surface area contributed by atoms with Crippen LogP contribution in [0.25, 0.3) is 0 Å². The molecule has 1 aromatic carbocycles. The Morgan fingerprint density at radius 3 is 2.82 bits per heavy atom. The standard InChI is InChI=1S/C13H14INO2/c14-9-11-5-4-8-15(10-11)17-13(16)12-6-2-1-3-7-12/h1-3,5-7H,4,8-10H2. The largest absolute Gasteiger partial charge is 0.364 e. The summed E-state index contributed by atoms with van der Waals surface area (Å²) in [6.45, 7) is 1.50. The number of rotatable bonds is 3. The predicted molar refractivity (Wildman–Crippen MR) is 75.0 cm³/mol. The first-order chi connectivity index (χ1) is 8.29. The second kappa shape index (κ2) is 6.16. The van der Waals surface area contributed by atoms with Gasteiger partial charge in [-0.2, -0.15) is 0 Å². The zero-order valence-electron chi connectivity index (χ0n) is 9.43. The number of benzene rings is 1. The fraction of sp³-hybridized carbons (Fsp3) is 0.308. The lowest BCUT2D eigenvalue weighted by Gasteiger charge is -2.25. The van der Waals surface area contributed by atoms with E-state index < -0.39 is 0 Å². The summed E-state index contributed by atoms with van der Waals surface area (Å²) >= 11 is 2.33. The van der Waals surface area contributed by atoms with Crippen molar-refractivity contribution in [2.75, 3.05) is 17.5 Å². The van der Waals surface area contributed by atoms with Gasteiger partial charge in [0.2, 0.25) is 0 Å². The third-order valence-corrected chi connectivity index (χ3v) is 3.56. The third-order valence-electron chi connectivity index (χ3n) is 2.58. The predicted octanol–water partition coefficient (Wildman–Crippen LogP) is 2.83. The molecule has 1 aliphatic rings. The molecule has 0 fully saturated rings. The van der Waals surface area contributed by atoms with Crippen LogP contribution in [0.3, 0.4) is 0 Å². The Kier molecular flexibility index (Phi) is 4.56. The minimum atomic E-state index is -0.277. The Morgan fingerprint density at radius 1 is 1.35 bits per heavy atom. The number of hydroxylamine groups is 2. The fourth-order valence-corrected chi connectivity index (χ4v) is 2.25. The van der Waals surface area contributed by atoms with E-state index in [1.165, 1.54) is 5.57 Å². The van der Waals surface area contributed by atoms with E-state index in [4.69, 9.17) is 4.84 Å². The molecule has 0 aromatic heterocycles. The minimum absolute atomic E-state index is 0.277. The van der Waals surface area contributed by atoms with E-state index in [0.717, 1.165) is 23.9 Å². The Morgan fingerprint density at radius 2 is 2.12 bits per heavy atom. The summed E-state index contributed by atoms with van der Waals surface area (Å²) in [4.78, 5) is 17.2. The number of halogens is 1. The average Bonchev–Trinajstić information content (AvgIpc) is 2.40. The first kappa shape index (κ1) is 12.6. The van der Waals surface area contributed by atoms with E-state index in [1.807, 2.05) is 18.2 Å². The molecule has 90 valence electrons. The first-order valence-electron chi connectivity index (χ1n) is 5.56. The molecule has 0 spiro atoms. The van der Waals surface area contributed by atoms with Crippen molar-refractivity contribution in [1.82, 2.24) is 5.06 Å². The molecule has 3 nitrogen and oxygen atoms in total. The van der Waals surface area contributed by atoms with Gasteiger partial charge in [0, 0.05) is 11.0 Å². The molecule has 4 heteroatoms. The van der Waals surface area contributed by atoms with Crippen LogP contribution in [0.4, 0.5) is 0 Å². The molecule has 0 saturated heterocycles. The highest BCUT2D eigenvalue weighted by molar-refractivity contribution is 14.1. The van der Waals surface area contributed by atoms with Crippen molar-refractivity contribution in [3.05, 3.63) is 47.5 Å². The van der Waals surface area contributed by atoms with Gasteiger partial charge in [0.25, 0.3) is 0 Å². The SMILES string of the molecule is O=C(ON1CCC=C(CI)C1)c1ccccc1. The quantitative estimate of drug-likeness (QED) is 0.480. The van der Waals surface area contributed by atoms with Gasteiger partial charge in [-0.3, -0.25) is 0 Å². The van der Waals surface area contributed by atoms with Crippen molar-refractivity contribution < 1.29 is 9.63 Å². The zero-order chi connectivity index (χ0) is 12.1.